The van der Waals surface area contributed by atoms with Gasteiger partial charge in [-0.1, -0.05) is 25.3 Å². The van der Waals surface area contributed by atoms with Crippen LogP contribution in [0.2, 0.25) is 0 Å². The summed E-state index contributed by atoms with van der Waals surface area (Å²) in [7, 11) is 0. The number of hydrogen-bond acceptors (Lipinski definition) is 3. The van der Waals surface area contributed by atoms with E-state index in [9.17, 15) is 9.59 Å². The lowest BCUT2D eigenvalue weighted by molar-refractivity contribution is 0.0690. The Bertz CT molecular complexity index is 550. The van der Waals surface area contributed by atoms with Gasteiger partial charge in [-0.05, 0) is 36.8 Å². The van der Waals surface area contributed by atoms with Crippen molar-refractivity contribution in [2.75, 3.05) is 0 Å². The van der Waals surface area contributed by atoms with Crippen molar-refractivity contribution < 1.29 is 14.7 Å². The molecule has 2 aliphatic rings. The van der Waals surface area contributed by atoms with Crippen molar-refractivity contribution in [2.45, 2.75) is 44.6 Å². The van der Waals surface area contributed by atoms with Crippen LogP contribution < -0.4 is 5.32 Å². The molecule has 0 bridgehead atoms. The van der Waals surface area contributed by atoms with Crippen LogP contribution >= 0.6 is 0 Å². The molecule has 3 rings (SSSR count). The predicted octanol–water partition coefficient (Wildman–Crippen LogP) is 2.23. The van der Waals surface area contributed by atoms with Crippen LogP contribution in [0.4, 0.5) is 0 Å². The normalized spacial score (nSPS) is 23.3. The van der Waals surface area contributed by atoms with Gasteiger partial charge in [-0.3, -0.25) is 4.79 Å². The second-order valence-corrected chi connectivity index (χ2v) is 5.87. The Balaban J connectivity index is 1.65. The van der Waals surface area contributed by atoms with Gasteiger partial charge in [0.05, 0.1) is 0 Å². The molecular weight excluding hydrogens is 256 g/mol. The lowest BCUT2D eigenvalue weighted by Crippen LogP contribution is -2.31. The highest BCUT2D eigenvalue weighted by molar-refractivity contribution is 5.94. The molecule has 1 aromatic heterocycles. The zero-order valence-corrected chi connectivity index (χ0v) is 11.3. The van der Waals surface area contributed by atoms with Gasteiger partial charge < -0.3 is 10.4 Å². The predicted molar refractivity (Wildman–Crippen MR) is 72.6 cm³/mol. The number of carbonyl (C=O) groups is 2. The third-order valence-electron chi connectivity index (χ3n) is 4.55. The van der Waals surface area contributed by atoms with Crippen LogP contribution in [0.25, 0.3) is 0 Å². The average molecular weight is 274 g/mol. The minimum absolute atomic E-state index is 0.0965. The molecule has 106 valence electrons. The maximum Gasteiger partial charge on any atom is 0.354 e. The number of pyridine rings is 1. The van der Waals surface area contributed by atoms with Gasteiger partial charge in [0.15, 0.2) is 0 Å². The summed E-state index contributed by atoms with van der Waals surface area (Å²) >= 11 is 0. The maximum atomic E-state index is 12.1. The summed E-state index contributed by atoms with van der Waals surface area (Å²) in [4.78, 5) is 26.9. The van der Waals surface area contributed by atoms with Crippen molar-refractivity contribution in [3.8, 4) is 0 Å². The number of rotatable bonds is 3. The van der Waals surface area contributed by atoms with Crippen molar-refractivity contribution in [2.24, 2.45) is 5.41 Å². The average Bonchev–Trinajstić information content (AvgIpc) is 3.11. The van der Waals surface area contributed by atoms with Crippen molar-refractivity contribution in [3.63, 3.8) is 0 Å². The van der Waals surface area contributed by atoms with Crippen LogP contribution in [0.5, 0.6) is 0 Å². The van der Waals surface area contributed by atoms with E-state index in [1.807, 2.05) is 0 Å². The molecule has 2 aliphatic carbocycles. The summed E-state index contributed by atoms with van der Waals surface area (Å²) in [5, 5.41) is 11.9. The number of carboxylic acid groups (broad SMARTS) is 1. The zero-order chi connectivity index (χ0) is 14.2. The van der Waals surface area contributed by atoms with E-state index < -0.39 is 5.97 Å². The van der Waals surface area contributed by atoms with Crippen molar-refractivity contribution >= 4 is 11.9 Å². The number of aromatic carboxylic acids is 1. The van der Waals surface area contributed by atoms with Crippen LogP contribution in [0.3, 0.4) is 0 Å². The smallest absolute Gasteiger partial charge is 0.354 e. The topological polar surface area (TPSA) is 79.3 Å². The first-order valence-electron chi connectivity index (χ1n) is 7.12. The standard InChI is InChI=1S/C15H18N2O3/c18-13(10-5-4-6-11(16-10)14(19)20)17-12-9-15(12)7-2-1-3-8-15/h4-6,12H,1-3,7-9H2,(H,17,18)(H,19,20). The molecule has 1 heterocycles. The van der Waals surface area contributed by atoms with E-state index in [0.717, 1.165) is 6.42 Å². The Labute approximate surface area is 117 Å². The summed E-state index contributed by atoms with van der Waals surface area (Å²) < 4.78 is 0. The second kappa shape index (κ2) is 4.89. The number of aromatic nitrogens is 1. The molecule has 20 heavy (non-hydrogen) atoms. The van der Waals surface area contributed by atoms with E-state index in [1.54, 1.807) is 12.1 Å². The quantitative estimate of drug-likeness (QED) is 0.885. The molecule has 1 atom stereocenters. The number of nitrogens with zero attached hydrogens (tertiary/aromatic N) is 1. The molecule has 1 aromatic rings. The summed E-state index contributed by atoms with van der Waals surface area (Å²) in [6, 6.07) is 4.73. The Morgan fingerprint density at radius 3 is 2.60 bits per heavy atom. The number of amides is 1. The summed E-state index contributed by atoms with van der Waals surface area (Å²) in [5.41, 5.74) is 0.404. The van der Waals surface area contributed by atoms with Gasteiger partial charge in [0.1, 0.15) is 11.4 Å². The summed E-state index contributed by atoms with van der Waals surface area (Å²) in [6.45, 7) is 0. The van der Waals surface area contributed by atoms with Gasteiger partial charge >= 0.3 is 5.97 Å². The fourth-order valence-electron chi connectivity index (χ4n) is 3.27. The molecule has 1 amide bonds. The fourth-order valence-corrected chi connectivity index (χ4v) is 3.27. The first-order valence-corrected chi connectivity index (χ1v) is 7.12. The number of nitrogens with one attached hydrogen (secondary N) is 1. The van der Waals surface area contributed by atoms with Crippen molar-refractivity contribution in [1.29, 1.82) is 0 Å². The van der Waals surface area contributed by atoms with E-state index in [1.165, 1.54) is 38.2 Å². The Morgan fingerprint density at radius 2 is 1.90 bits per heavy atom. The lowest BCUT2D eigenvalue weighted by atomic mass is 9.86. The van der Waals surface area contributed by atoms with E-state index in [4.69, 9.17) is 5.11 Å². The minimum atomic E-state index is -1.12. The molecule has 0 aromatic carbocycles. The lowest BCUT2D eigenvalue weighted by Gasteiger charge is -2.22. The highest BCUT2D eigenvalue weighted by Gasteiger charge is 2.54. The van der Waals surface area contributed by atoms with Crippen LogP contribution in [0.1, 0.15) is 59.5 Å². The summed E-state index contributed by atoms with van der Waals surface area (Å²) in [5.74, 6) is -1.38. The highest BCUT2D eigenvalue weighted by Crippen LogP contribution is 2.56. The van der Waals surface area contributed by atoms with Gasteiger partial charge in [-0.15, -0.1) is 0 Å². The monoisotopic (exact) mass is 274 g/mol. The molecule has 5 heteroatoms. The maximum absolute atomic E-state index is 12.1. The van der Waals surface area contributed by atoms with E-state index >= 15 is 0 Å². The zero-order valence-electron chi connectivity index (χ0n) is 11.3. The third kappa shape index (κ3) is 2.40. The molecule has 2 N–H and O–H groups in total. The molecule has 0 radical (unpaired) electrons. The molecule has 0 aliphatic heterocycles. The molecule has 2 saturated carbocycles. The van der Waals surface area contributed by atoms with Gasteiger partial charge in [-0.25, -0.2) is 9.78 Å². The highest BCUT2D eigenvalue weighted by atomic mass is 16.4. The second-order valence-electron chi connectivity index (χ2n) is 5.87. The number of hydrogen-bond donors (Lipinski definition) is 2. The van der Waals surface area contributed by atoms with Crippen LogP contribution in [-0.2, 0) is 0 Å². The largest absolute Gasteiger partial charge is 0.477 e. The molecule has 5 nitrogen and oxygen atoms in total. The van der Waals surface area contributed by atoms with Crippen LogP contribution in [0.15, 0.2) is 18.2 Å². The molecule has 0 saturated heterocycles. The Kier molecular flexibility index (Phi) is 3.20. The van der Waals surface area contributed by atoms with Gasteiger partial charge in [-0.2, -0.15) is 0 Å². The Morgan fingerprint density at radius 1 is 1.20 bits per heavy atom. The van der Waals surface area contributed by atoms with Crippen LogP contribution in [-0.4, -0.2) is 28.0 Å². The first kappa shape index (κ1) is 13.1. The Hall–Kier alpha value is -1.91. The molecule has 1 spiro atoms. The van der Waals surface area contributed by atoms with Crippen molar-refractivity contribution in [3.05, 3.63) is 29.6 Å². The minimum Gasteiger partial charge on any atom is -0.477 e. The number of carbonyl (C=O) groups excluding carboxylic acids is 1. The number of carboxylic acids is 1. The molecular formula is C15H18N2O3. The fraction of sp³-hybridized carbons (Fsp3) is 0.533. The van der Waals surface area contributed by atoms with Gasteiger partial charge in [0.2, 0.25) is 0 Å². The van der Waals surface area contributed by atoms with E-state index in [2.05, 4.69) is 10.3 Å². The van der Waals surface area contributed by atoms with E-state index in [0.29, 0.717) is 5.41 Å². The van der Waals surface area contributed by atoms with Crippen molar-refractivity contribution in [1.82, 2.24) is 10.3 Å². The molecule has 1 unspecified atom stereocenters. The first-order chi connectivity index (χ1) is 9.61. The van der Waals surface area contributed by atoms with Gasteiger partial charge in [0.25, 0.3) is 5.91 Å². The molecule has 2 fully saturated rings. The van der Waals surface area contributed by atoms with Gasteiger partial charge in [0, 0.05) is 6.04 Å². The van der Waals surface area contributed by atoms with E-state index in [-0.39, 0.29) is 23.3 Å². The summed E-state index contributed by atoms with van der Waals surface area (Å²) in [6.07, 6.45) is 7.24. The third-order valence-corrected chi connectivity index (χ3v) is 4.55. The SMILES string of the molecule is O=C(O)c1cccc(C(=O)NC2CC23CCCCC3)n1. The van der Waals surface area contributed by atoms with Crippen LogP contribution in [0, 0.1) is 5.41 Å².